The molecule has 3 aromatic rings. The van der Waals surface area contributed by atoms with E-state index in [2.05, 4.69) is 4.90 Å². The Morgan fingerprint density at radius 2 is 1.73 bits per heavy atom. The van der Waals surface area contributed by atoms with E-state index in [1.165, 1.54) is 18.2 Å². The van der Waals surface area contributed by atoms with Gasteiger partial charge in [0.1, 0.15) is 5.82 Å². The summed E-state index contributed by atoms with van der Waals surface area (Å²) in [5, 5.41) is 0.429. The fourth-order valence-corrected chi connectivity index (χ4v) is 3.28. The van der Waals surface area contributed by atoms with Crippen LogP contribution in [0.3, 0.4) is 0 Å². The van der Waals surface area contributed by atoms with Crippen molar-refractivity contribution in [3.63, 3.8) is 0 Å². The maximum atomic E-state index is 13.0. The first-order valence-electron chi connectivity index (χ1n) is 8.14. The number of hydrogen-bond donors (Lipinski definition) is 0. The van der Waals surface area contributed by atoms with Crippen LogP contribution in [0.15, 0.2) is 51.7 Å². The lowest BCUT2D eigenvalue weighted by atomic mass is 10.2. The van der Waals surface area contributed by atoms with Crippen molar-refractivity contribution < 1.29 is 13.6 Å². The number of amides is 1. The molecule has 8 heteroatoms. The summed E-state index contributed by atoms with van der Waals surface area (Å²) in [5.41, 5.74) is 1.57. The molecule has 0 bridgehead atoms. The first-order valence-corrected chi connectivity index (χ1v) is 8.51. The predicted octanol–water partition coefficient (Wildman–Crippen LogP) is 3.18. The van der Waals surface area contributed by atoms with Crippen LogP contribution >= 0.6 is 11.6 Å². The third kappa shape index (κ3) is 2.94. The predicted molar refractivity (Wildman–Crippen MR) is 96.5 cm³/mol. The van der Waals surface area contributed by atoms with Crippen LogP contribution in [-0.2, 0) is 0 Å². The third-order valence-corrected chi connectivity index (χ3v) is 4.71. The molecule has 0 atom stereocenters. The number of nitrogens with zero attached hydrogens (tertiary/aromatic N) is 3. The summed E-state index contributed by atoms with van der Waals surface area (Å²) in [6, 6.07) is 10.5. The SMILES string of the molecule is O=C(N1CCN(c2ccc(F)cc2)CC1)n1c(=O)oc2cc(Cl)ccc21. The van der Waals surface area contributed by atoms with E-state index < -0.39 is 11.8 Å². The van der Waals surface area contributed by atoms with Crippen molar-refractivity contribution in [2.45, 2.75) is 0 Å². The lowest BCUT2D eigenvalue weighted by molar-refractivity contribution is 0.195. The lowest BCUT2D eigenvalue weighted by Crippen LogP contribution is -2.51. The number of carbonyl (C=O) groups is 1. The highest BCUT2D eigenvalue weighted by atomic mass is 35.5. The Hall–Kier alpha value is -2.80. The summed E-state index contributed by atoms with van der Waals surface area (Å²) in [6.07, 6.45) is 0. The van der Waals surface area contributed by atoms with Gasteiger partial charge in [0, 0.05) is 43.0 Å². The fraction of sp³-hybridized carbons (Fsp3) is 0.222. The van der Waals surface area contributed by atoms with E-state index in [-0.39, 0.29) is 11.4 Å². The van der Waals surface area contributed by atoms with Crippen LogP contribution in [-0.4, -0.2) is 41.7 Å². The maximum absolute atomic E-state index is 13.0. The normalized spacial score (nSPS) is 14.8. The van der Waals surface area contributed by atoms with Crippen molar-refractivity contribution in [2.75, 3.05) is 31.1 Å². The second-order valence-corrected chi connectivity index (χ2v) is 6.48. The largest absolute Gasteiger partial charge is 0.428 e. The molecule has 0 spiro atoms. The van der Waals surface area contributed by atoms with Crippen LogP contribution in [0.5, 0.6) is 0 Å². The molecule has 0 radical (unpaired) electrons. The van der Waals surface area contributed by atoms with Gasteiger partial charge in [0.15, 0.2) is 5.58 Å². The Balaban J connectivity index is 1.53. The zero-order chi connectivity index (χ0) is 18.3. The Kier molecular flexibility index (Phi) is 4.16. The fourth-order valence-electron chi connectivity index (χ4n) is 3.12. The molecular weight excluding hydrogens is 361 g/mol. The minimum atomic E-state index is -0.728. The van der Waals surface area contributed by atoms with E-state index in [4.69, 9.17) is 16.0 Å². The molecule has 1 saturated heterocycles. The molecule has 134 valence electrons. The van der Waals surface area contributed by atoms with Gasteiger partial charge in [-0.1, -0.05) is 11.6 Å². The number of piperazine rings is 1. The first-order chi connectivity index (χ1) is 12.5. The van der Waals surface area contributed by atoms with Crippen molar-refractivity contribution in [3.8, 4) is 0 Å². The molecule has 26 heavy (non-hydrogen) atoms. The Morgan fingerprint density at radius 3 is 2.42 bits per heavy atom. The van der Waals surface area contributed by atoms with Crippen LogP contribution in [0.2, 0.25) is 5.02 Å². The van der Waals surface area contributed by atoms with Gasteiger partial charge in [-0.15, -0.1) is 0 Å². The molecule has 0 saturated carbocycles. The van der Waals surface area contributed by atoms with E-state index in [9.17, 15) is 14.0 Å². The highest BCUT2D eigenvalue weighted by Gasteiger charge is 2.26. The molecule has 2 heterocycles. The number of hydrogen-bond acceptors (Lipinski definition) is 4. The molecule has 1 fully saturated rings. The van der Waals surface area contributed by atoms with Crippen molar-refractivity contribution in [2.24, 2.45) is 0 Å². The number of oxazole rings is 1. The number of rotatable bonds is 1. The van der Waals surface area contributed by atoms with Crippen LogP contribution < -0.4 is 10.7 Å². The molecule has 0 N–H and O–H groups in total. The Morgan fingerprint density at radius 1 is 1.04 bits per heavy atom. The summed E-state index contributed by atoms with van der Waals surface area (Å²) >= 11 is 5.90. The number of anilines is 1. The molecule has 6 nitrogen and oxygen atoms in total. The Bertz CT molecular complexity index is 1020. The van der Waals surface area contributed by atoms with Crippen molar-refractivity contribution >= 4 is 34.4 Å². The Labute approximate surface area is 153 Å². The number of carbonyl (C=O) groups excluding carboxylic acids is 1. The standard InChI is InChI=1S/C18H15ClFN3O3/c19-12-1-6-15-16(11-12)26-18(25)23(15)17(24)22-9-7-21(8-10-22)14-4-2-13(20)3-5-14/h1-6,11H,7-10H2. The van der Waals surface area contributed by atoms with Gasteiger partial charge >= 0.3 is 11.8 Å². The van der Waals surface area contributed by atoms with Crippen LogP contribution in [0.1, 0.15) is 0 Å². The van der Waals surface area contributed by atoms with Crippen molar-refractivity contribution in [1.29, 1.82) is 0 Å². The highest BCUT2D eigenvalue weighted by molar-refractivity contribution is 6.31. The van der Waals surface area contributed by atoms with E-state index >= 15 is 0 Å². The molecule has 0 unspecified atom stereocenters. The molecule has 4 rings (SSSR count). The summed E-state index contributed by atoms with van der Waals surface area (Å²) in [4.78, 5) is 28.6. The molecule has 0 aliphatic carbocycles. The van der Waals surface area contributed by atoms with E-state index in [0.717, 1.165) is 10.3 Å². The molecule has 1 aromatic heterocycles. The zero-order valence-corrected chi connectivity index (χ0v) is 14.4. The smallest absolute Gasteiger partial charge is 0.407 e. The molecule has 1 aliphatic rings. The van der Waals surface area contributed by atoms with Gasteiger partial charge in [0.05, 0.1) is 5.52 Å². The molecule has 1 aliphatic heterocycles. The van der Waals surface area contributed by atoms with Gasteiger partial charge in [0.2, 0.25) is 0 Å². The van der Waals surface area contributed by atoms with Crippen molar-refractivity contribution in [1.82, 2.24) is 9.47 Å². The zero-order valence-electron chi connectivity index (χ0n) is 13.7. The molecule has 1 amide bonds. The first kappa shape index (κ1) is 16.7. The number of benzene rings is 2. The summed E-state index contributed by atoms with van der Waals surface area (Å²) in [6.45, 7) is 2.08. The minimum absolute atomic E-state index is 0.279. The summed E-state index contributed by atoms with van der Waals surface area (Å²) in [5.74, 6) is -1.01. The average molecular weight is 376 g/mol. The maximum Gasteiger partial charge on any atom is 0.428 e. The number of fused-ring (bicyclic) bond motifs is 1. The second kappa shape index (κ2) is 6.49. The molecule has 2 aromatic carbocycles. The third-order valence-electron chi connectivity index (χ3n) is 4.48. The highest BCUT2D eigenvalue weighted by Crippen LogP contribution is 2.20. The van der Waals surface area contributed by atoms with Gasteiger partial charge in [-0.25, -0.2) is 14.0 Å². The van der Waals surface area contributed by atoms with E-state index in [1.54, 1.807) is 29.2 Å². The van der Waals surface area contributed by atoms with Crippen LogP contribution in [0.4, 0.5) is 14.9 Å². The monoisotopic (exact) mass is 375 g/mol. The lowest BCUT2D eigenvalue weighted by Gasteiger charge is -2.35. The number of halogens is 2. The van der Waals surface area contributed by atoms with Gasteiger partial charge in [0.25, 0.3) is 0 Å². The topological polar surface area (TPSA) is 58.7 Å². The van der Waals surface area contributed by atoms with Crippen LogP contribution in [0.25, 0.3) is 11.1 Å². The van der Waals surface area contributed by atoms with Crippen molar-refractivity contribution in [3.05, 3.63) is 63.9 Å². The van der Waals surface area contributed by atoms with Gasteiger partial charge in [-0.05, 0) is 36.4 Å². The summed E-state index contributed by atoms with van der Waals surface area (Å²) in [7, 11) is 0. The van der Waals surface area contributed by atoms with Gasteiger partial charge in [-0.2, -0.15) is 4.57 Å². The second-order valence-electron chi connectivity index (χ2n) is 6.05. The summed E-state index contributed by atoms with van der Waals surface area (Å²) < 4.78 is 19.2. The number of aromatic nitrogens is 1. The van der Waals surface area contributed by atoms with E-state index in [1.807, 2.05) is 0 Å². The molecular formula is C18H15ClFN3O3. The average Bonchev–Trinajstić information content (AvgIpc) is 2.96. The van der Waals surface area contributed by atoms with Crippen LogP contribution in [0, 0.1) is 5.82 Å². The minimum Gasteiger partial charge on any atom is -0.407 e. The quantitative estimate of drug-likeness (QED) is 0.655. The van der Waals surface area contributed by atoms with Gasteiger partial charge < -0.3 is 14.2 Å². The van der Waals surface area contributed by atoms with E-state index in [0.29, 0.717) is 36.7 Å². The van der Waals surface area contributed by atoms with Gasteiger partial charge in [-0.3, -0.25) is 0 Å².